The first kappa shape index (κ1) is 14.5. The summed E-state index contributed by atoms with van der Waals surface area (Å²) in [5.74, 6) is 2.14. The molecule has 1 aromatic heterocycles. The van der Waals surface area contributed by atoms with Gasteiger partial charge in [0.1, 0.15) is 0 Å². The lowest BCUT2D eigenvalue weighted by Crippen LogP contribution is -2.41. The monoisotopic (exact) mass is 265 g/mol. The minimum Gasteiger partial charge on any atom is -0.339 e. The second kappa shape index (κ2) is 4.89. The predicted octanol–water partition coefficient (Wildman–Crippen LogP) is 3.15. The van der Waals surface area contributed by atoms with Crippen LogP contribution in [0.3, 0.4) is 0 Å². The van der Waals surface area contributed by atoms with Crippen molar-refractivity contribution in [1.82, 2.24) is 15.5 Å². The first-order valence-corrected chi connectivity index (χ1v) is 7.30. The molecule has 0 aliphatic heterocycles. The van der Waals surface area contributed by atoms with Crippen molar-refractivity contribution in [3.63, 3.8) is 0 Å². The Hall–Kier alpha value is -0.900. The predicted molar refractivity (Wildman–Crippen MR) is 76.1 cm³/mol. The number of hydrogen-bond acceptors (Lipinski definition) is 4. The fraction of sp³-hybridized carbons (Fsp3) is 0.867. The van der Waals surface area contributed by atoms with Crippen molar-refractivity contribution in [2.75, 3.05) is 6.54 Å². The van der Waals surface area contributed by atoms with Crippen molar-refractivity contribution in [2.45, 2.75) is 66.3 Å². The number of hydrogen-bond donors (Lipinski definition) is 1. The van der Waals surface area contributed by atoms with Crippen LogP contribution in [0, 0.1) is 10.8 Å². The van der Waals surface area contributed by atoms with Crippen molar-refractivity contribution in [3.8, 4) is 0 Å². The molecule has 0 radical (unpaired) electrons. The van der Waals surface area contributed by atoms with Gasteiger partial charge in [0.2, 0.25) is 5.89 Å². The smallest absolute Gasteiger partial charge is 0.228 e. The van der Waals surface area contributed by atoms with Crippen LogP contribution in [0.25, 0.3) is 0 Å². The fourth-order valence-electron chi connectivity index (χ4n) is 2.51. The Morgan fingerprint density at radius 2 is 2.05 bits per heavy atom. The second-order valence-corrected chi connectivity index (χ2v) is 7.47. The third-order valence-electron chi connectivity index (χ3n) is 4.18. The molecule has 4 nitrogen and oxygen atoms in total. The summed E-state index contributed by atoms with van der Waals surface area (Å²) in [4.78, 5) is 4.59. The summed E-state index contributed by atoms with van der Waals surface area (Å²) in [5, 5.41) is 7.67. The normalized spacial score (nSPS) is 23.4. The van der Waals surface area contributed by atoms with E-state index in [1.165, 1.54) is 6.42 Å². The van der Waals surface area contributed by atoms with Gasteiger partial charge in [0.25, 0.3) is 0 Å². The van der Waals surface area contributed by atoms with E-state index in [1.54, 1.807) is 0 Å². The lowest BCUT2D eigenvalue weighted by Gasteiger charge is -2.30. The lowest BCUT2D eigenvalue weighted by molar-refractivity contribution is 0.247. The zero-order valence-electron chi connectivity index (χ0n) is 13.1. The Balaban J connectivity index is 2.02. The average Bonchev–Trinajstić information content (AvgIpc) is 2.73. The van der Waals surface area contributed by atoms with E-state index < -0.39 is 0 Å². The molecule has 0 saturated heterocycles. The van der Waals surface area contributed by atoms with Gasteiger partial charge in [-0.25, -0.2) is 0 Å². The number of nitrogens with one attached hydrogen (secondary N) is 1. The van der Waals surface area contributed by atoms with Crippen LogP contribution in [0.1, 0.15) is 65.6 Å². The molecule has 1 heterocycles. The molecule has 2 atom stereocenters. The zero-order valence-corrected chi connectivity index (χ0v) is 13.1. The molecule has 2 rings (SSSR count). The van der Waals surface area contributed by atoms with Gasteiger partial charge in [-0.2, -0.15) is 4.98 Å². The summed E-state index contributed by atoms with van der Waals surface area (Å²) in [6, 6.07) is 0.359. The van der Waals surface area contributed by atoms with E-state index in [0.717, 1.165) is 24.7 Å². The van der Waals surface area contributed by atoms with Gasteiger partial charge in [0, 0.05) is 18.4 Å². The molecule has 0 bridgehead atoms. The number of likely N-dealkylation sites (N-methyl/N-ethyl adjacent to an activating group) is 1. The molecular weight excluding hydrogens is 238 g/mol. The van der Waals surface area contributed by atoms with E-state index in [4.69, 9.17) is 4.52 Å². The van der Waals surface area contributed by atoms with Gasteiger partial charge in [-0.1, -0.05) is 46.7 Å². The highest BCUT2D eigenvalue weighted by molar-refractivity contribution is 5.14. The third-order valence-corrected chi connectivity index (χ3v) is 4.18. The van der Waals surface area contributed by atoms with E-state index in [2.05, 4.69) is 57.0 Å². The maximum atomic E-state index is 5.43. The molecule has 1 aliphatic rings. The molecule has 1 fully saturated rings. The van der Waals surface area contributed by atoms with Crippen molar-refractivity contribution in [3.05, 3.63) is 11.7 Å². The summed E-state index contributed by atoms with van der Waals surface area (Å²) in [7, 11) is 0. The highest BCUT2D eigenvalue weighted by atomic mass is 16.5. The molecule has 4 heteroatoms. The van der Waals surface area contributed by atoms with Gasteiger partial charge in [-0.15, -0.1) is 0 Å². The standard InChI is InChI=1S/C15H27N3O/c1-7-16-11(14(2,3)4)8-12-17-13(18-19-12)10-9-15(10,5)6/h10-11,16H,7-9H2,1-6H3. The second-order valence-electron chi connectivity index (χ2n) is 7.47. The van der Waals surface area contributed by atoms with Gasteiger partial charge in [-0.3, -0.25) is 0 Å². The lowest BCUT2D eigenvalue weighted by atomic mass is 9.84. The van der Waals surface area contributed by atoms with Crippen LogP contribution in [-0.4, -0.2) is 22.7 Å². The van der Waals surface area contributed by atoms with Crippen LogP contribution < -0.4 is 5.32 Å². The van der Waals surface area contributed by atoms with E-state index in [9.17, 15) is 0 Å². The number of nitrogens with zero attached hydrogens (tertiary/aromatic N) is 2. The van der Waals surface area contributed by atoms with Gasteiger partial charge in [-0.05, 0) is 23.8 Å². The number of rotatable bonds is 5. The van der Waals surface area contributed by atoms with Crippen LogP contribution >= 0.6 is 0 Å². The first-order chi connectivity index (χ1) is 8.74. The molecule has 1 aliphatic carbocycles. The van der Waals surface area contributed by atoms with Crippen LogP contribution in [-0.2, 0) is 6.42 Å². The maximum absolute atomic E-state index is 5.43. The van der Waals surface area contributed by atoms with Crippen molar-refractivity contribution in [1.29, 1.82) is 0 Å². The van der Waals surface area contributed by atoms with Crippen LogP contribution in [0.15, 0.2) is 4.52 Å². The Labute approximate surface area is 116 Å². The molecule has 1 aromatic rings. The Bertz CT molecular complexity index is 431. The molecule has 19 heavy (non-hydrogen) atoms. The van der Waals surface area contributed by atoms with Crippen molar-refractivity contribution in [2.24, 2.45) is 10.8 Å². The van der Waals surface area contributed by atoms with E-state index in [-0.39, 0.29) is 5.41 Å². The maximum Gasteiger partial charge on any atom is 0.228 e. The summed E-state index contributed by atoms with van der Waals surface area (Å²) >= 11 is 0. The molecule has 0 aromatic carbocycles. The quantitative estimate of drug-likeness (QED) is 0.888. The summed E-state index contributed by atoms with van der Waals surface area (Å²) in [6.45, 7) is 14.3. The highest BCUT2D eigenvalue weighted by Gasteiger charge is 2.49. The van der Waals surface area contributed by atoms with Crippen LogP contribution in [0.4, 0.5) is 0 Å². The Kier molecular flexibility index (Phi) is 3.74. The molecule has 1 N–H and O–H groups in total. The summed E-state index contributed by atoms with van der Waals surface area (Å²) in [6.07, 6.45) is 1.97. The topological polar surface area (TPSA) is 51.0 Å². The minimum absolute atomic E-state index is 0.184. The van der Waals surface area contributed by atoms with Crippen molar-refractivity contribution >= 4 is 0 Å². The van der Waals surface area contributed by atoms with Gasteiger partial charge < -0.3 is 9.84 Å². The summed E-state index contributed by atoms with van der Waals surface area (Å²) < 4.78 is 5.43. The van der Waals surface area contributed by atoms with Gasteiger partial charge >= 0.3 is 0 Å². The molecule has 0 amide bonds. The van der Waals surface area contributed by atoms with Crippen LogP contribution in [0.2, 0.25) is 0 Å². The number of aromatic nitrogens is 2. The summed E-state index contributed by atoms with van der Waals surface area (Å²) in [5.41, 5.74) is 0.537. The van der Waals surface area contributed by atoms with E-state index >= 15 is 0 Å². The van der Waals surface area contributed by atoms with Gasteiger partial charge in [0.15, 0.2) is 5.82 Å². The first-order valence-electron chi connectivity index (χ1n) is 7.30. The molecule has 2 unspecified atom stereocenters. The average molecular weight is 265 g/mol. The Morgan fingerprint density at radius 1 is 1.42 bits per heavy atom. The third kappa shape index (κ3) is 3.35. The Morgan fingerprint density at radius 3 is 2.53 bits per heavy atom. The molecular formula is C15H27N3O. The zero-order chi connectivity index (χ0) is 14.3. The highest BCUT2D eigenvalue weighted by Crippen LogP contribution is 2.57. The minimum atomic E-state index is 0.184. The molecule has 1 saturated carbocycles. The van der Waals surface area contributed by atoms with E-state index in [1.807, 2.05) is 0 Å². The van der Waals surface area contributed by atoms with Crippen LogP contribution in [0.5, 0.6) is 0 Å². The molecule has 108 valence electrons. The SMILES string of the molecule is CCNC(Cc1nc(C2CC2(C)C)no1)C(C)(C)C. The van der Waals surface area contributed by atoms with Crippen molar-refractivity contribution < 1.29 is 4.52 Å². The largest absolute Gasteiger partial charge is 0.339 e. The van der Waals surface area contributed by atoms with E-state index in [0.29, 0.717) is 17.4 Å². The molecule has 0 spiro atoms. The fourth-order valence-corrected chi connectivity index (χ4v) is 2.51. The van der Waals surface area contributed by atoms with Gasteiger partial charge in [0.05, 0.1) is 0 Å².